The summed E-state index contributed by atoms with van der Waals surface area (Å²) in [5.41, 5.74) is 1.68. The van der Waals surface area contributed by atoms with Crippen molar-refractivity contribution in [3.05, 3.63) is 59.0 Å². The van der Waals surface area contributed by atoms with Crippen molar-refractivity contribution < 1.29 is 19.1 Å². The normalized spacial score (nSPS) is 12.3. The Morgan fingerprint density at radius 1 is 1.37 bits per heavy atom. The molecule has 0 bridgehead atoms. The van der Waals surface area contributed by atoms with E-state index in [1.54, 1.807) is 13.0 Å². The third-order valence-corrected chi connectivity index (χ3v) is 2.91. The molecular formula is C15H16O4. The van der Waals surface area contributed by atoms with E-state index < -0.39 is 5.97 Å². The van der Waals surface area contributed by atoms with Gasteiger partial charge < -0.3 is 14.3 Å². The molecule has 19 heavy (non-hydrogen) atoms. The number of carboxylic acids is 1. The molecular weight excluding hydrogens is 244 g/mol. The summed E-state index contributed by atoms with van der Waals surface area (Å²) in [6.45, 7) is 3.91. The zero-order valence-corrected chi connectivity index (χ0v) is 10.9. The first kappa shape index (κ1) is 13.4. The highest BCUT2D eigenvalue weighted by atomic mass is 16.5. The van der Waals surface area contributed by atoms with E-state index in [0.717, 1.165) is 5.56 Å². The van der Waals surface area contributed by atoms with Crippen LogP contribution < -0.4 is 0 Å². The van der Waals surface area contributed by atoms with E-state index in [4.69, 9.17) is 14.3 Å². The number of carbonyl (C=O) groups is 1. The Hall–Kier alpha value is -2.07. The standard InChI is InChI=1S/C15H16O4/c1-10-8-13(19-14(10)15(16)17)9-18-11(2)12-6-4-3-5-7-12/h3-8,11H,9H2,1-2H3,(H,16,17). The van der Waals surface area contributed by atoms with Gasteiger partial charge in [0.15, 0.2) is 0 Å². The van der Waals surface area contributed by atoms with Gasteiger partial charge in [0.25, 0.3) is 0 Å². The highest BCUT2D eigenvalue weighted by Gasteiger charge is 2.15. The summed E-state index contributed by atoms with van der Waals surface area (Å²) in [5.74, 6) is -0.552. The van der Waals surface area contributed by atoms with Crippen molar-refractivity contribution in [3.63, 3.8) is 0 Å². The molecule has 0 aliphatic carbocycles. The fourth-order valence-electron chi connectivity index (χ4n) is 1.86. The summed E-state index contributed by atoms with van der Waals surface area (Å²) in [5, 5.41) is 8.90. The maximum absolute atomic E-state index is 10.9. The number of benzene rings is 1. The first-order valence-electron chi connectivity index (χ1n) is 6.07. The molecule has 0 spiro atoms. The van der Waals surface area contributed by atoms with Gasteiger partial charge in [0, 0.05) is 5.56 Å². The summed E-state index contributed by atoms with van der Waals surface area (Å²) >= 11 is 0. The molecule has 4 heteroatoms. The predicted molar refractivity (Wildman–Crippen MR) is 70.1 cm³/mol. The number of rotatable bonds is 5. The van der Waals surface area contributed by atoms with Crippen molar-refractivity contribution in [3.8, 4) is 0 Å². The van der Waals surface area contributed by atoms with E-state index in [1.807, 2.05) is 37.3 Å². The van der Waals surface area contributed by atoms with Gasteiger partial charge in [-0.2, -0.15) is 0 Å². The van der Waals surface area contributed by atoms with Gasteiger partial charge in [0.05, 0.1) is 6.10 Å². The maximum Gasteiger partial charge on any atom is 0.372 e. The molecule has 2 aromatic rings. The number of ether oxygens (including phenoxy) is 1. The first-order valence-corrected chi connectivity index (χ1v) is 6.07. The second-order valence-electron chi connectivity index (χ2n) is 4.39. The lowest BCUT2D eigenvalue weighted by atomic mass is 10.1. The van der Waals surface area contributed by atoms with Gasteiger partial charge in [0.1, 0.15) is 12.4 Å². The lowest BCUT2D eigenvalue weighted by molar-refractivity contribution is 0.0402. The number of aryl methyl sites for hydroxylation is 1. The lowest BCUT2D eigenvalue weighted by Crippen LogP contribution is -1.99. The second-order valence-corrected chi connectivity index (χ2v) is 4.39. The summed E-state index contributed by atoms with van der Waals surface area (Å²) in [6, 6.07) is 11.5. The van der Waals surface area contributed by atoms with Crippen LogP contribution in [-0.2, 0) is 11.3 Å². The average molecular weight is 260 g/mol. The Bertz CT molecular complexity index is 557. The third kappa shape index (κ3) is 3.23. The van der Waals surface area contributed by atoms with Crippen molar-refractivity contribution in [2.24, 2.45) is 0 Å². The first-order chi connectivity index (χ1) is 9.08. The lowest BCUT2D eigenvalue weighted by Gasteiger charge is -2.12. The van der Waals surface area contributed by atoms with E-state index in [0.29, 0.717) is 11.3 Å². The predicted octanol–water partition coefficient (Wildman–Crippen LogP) is 3.56. The third-order valence-electron chi connectivity index (χ3n) is 2.91. The Morgan fingerprint density at radius 3 is 2.63 bits per heavy atom. The number of hydrogen-bond donors (Lipinski definition) is 1. The number of hydrogen-bond acceptors (Lipinski definition) is 3. The molecule has 0 aliphatic heterocycles. The van der Waals surface area contributed by atoms with Crippen LogP contribution in [0, 0.1) is 6.92 Å². The fourth-order valence-corrected chi connectivity index (χ4v) is 1.86. The topological polar surface area (TPSA) is 59.7 Å². The van der Waals surface area contributed by atoms with Crippen molar-refractivity contribution in [1.82, 2.24) is 0 Å². The summed E-state index contributed by atoms with van der Waals surface area (Å²) in [4.78, 5) is 10.9. The second kappa shape index (κ2) is 5.71. The molecule has 100 valence electrons. The van der Waals surface area contributed by atoms with Crippen molar-refractivity contribution >= 4 is 5.97 Å². The Balaban J connectivity index is 1.99. The molecule has 0 radical (unpaired) electrons. The van der Waals surface area contributed by atoms with Crippen LogP contribution in [0.15, 0.2) is 40.8 Å². The van der Waals surface area contributed by atoms with E-state index in [2.05, 4.69) is 0 Å². The summed E-state index contributed by atoms with van der Waals surface area (Å²) in [6.07, 6.45) is -0.0696. The fraction of sp³-hybridized carbons (Fsp3) is 0.267. The SMILES string of the molecule is Cc1cc(COC(C)c2ccccc2)oc1C(=O)O. The van der Waals surface area contributed by atoms with Crippen LogP contribution in [0.3, 0.4) is 0 Å². The molecule has 0 saturated heterocycles. The van der Waals surface area contributed by atoms with Crippen molar-refractivity contribution in [2.75, 3.05) is 0 Å². The van der Waals surface area contributed by atoms with Gasteiger partial charge in [-0.15, -0.1) is 0 Å². The molecule has 1 aromatic carbocycles. The van der Waals surface area contributed by atoms with E-state index in [9.17, 15) is 4.79 Å². The summed E-state index contributed by atoms with van der Waals surface area (Å²) < 4.78 is 10.9. The Morgan fingerprint density at radius 2 is 2.05 bits per heavy atom. The largest absolute Gasteiger partial charge is 0.475 e. The van der Waals surface area contributed by atoms with Gasteiger partial charge >= 0.3 is 5.97 Å². The molecule has 0 amide bonds. The highest BCUT2D eigenvalue weighted by Crippen LogP contribution is 2.20. The smallest absolute Gasteiger partial charge is 0.372 e. The van der Waals surface area contributed by atoms with E-state index in [-0.39, 0.29) is 18.5 Å². The summed E-state index contributed by atoms with van der Waals surface area (Å²) in [7, 11) is 0. The van der Waals surface area contributed by atoms with Crippen molar-refractivity contribution in [2.45, 2.75) is 26.6 Å². The minimum Gasteiger partial charge on any atom is -0.475 e. The molecule has 1 N–H and O–H groups in total. The number of aromatic carboxylic acids is 1. The van der Waals surface area contributed by atoms with Crippen LogP contribution in [0.1, 0.15) is 40.5 Å². The molecule has 1 heterocycles. The van der Waals surface area contributed by atoms with E-state index in [1.165, 1.54) is 0 Å². The Kier molecular flexibility index (Phi) is 4.02. The van der Waals surface area contributed by atoms with Gasteiger partial charge in [-0.3, -0.25) is 0 Å². The monoisotopic (exact) mass is 260 g/mol. The Labute approximate surface area is 111 Å². The van der Waals surface area contributed by atoms with Crippen LogP contribution in [0.2, 0.25) is 0 Å². The van der Waals surface area contributed by atoms with E-state index >= 15 is 0 Å². The van der Waals surface area contributed by atoms with Gasteiger partial charge in [-0.25, -0.2) is 4.79 Å². The minimum atomic E-state index is -1.06. The minimum absolute atomic E-state index is 0.0223. The highest BCUT2D eigenvalue weighted by molar-refractivity contribution is 5.86. The zero-order chi connectivity index (χ0) is 13.8. The maximum atomic E-state index is 10.9. The molecule has 1 unspecified atom stereocenters. The molecule has 0 aliphatic rings. The molecule has 0 saturated carbocycles. The quantitative estimate of drug-likeness (QED) is 0.892. The van der Waals surface area contributed by atoms with Crippen LogP contribution in [0.25, 0.3) is 0 Å². The van der Waals surface area contributed by atoms with Crippen molar-refractivity contribution in [1.29, 1.82) is 0 Å². The van der Waals surface area contributed by atoms with Crippen LogP contribution in [0.4, 0.5) is 0 Å². The molecule has 2 rings (SSSR count). The van der Waals surface area contributed by atoms with Crippen LogP contribution >= 0.6 is 0 Å². The molecule has 0 fully saturated rings. The zero-order valence-electron chi connectivity index (χ0n) is 10.9. The van der Waals surface area contributed by atoms with Gasteiger partial charge in [0.2, 0.25) is 5.76 Å². The van der Waals surface area contributed by atoms with Crippen LogP contribution in [-0.4, -0.2) is 11.1 Å². The van der Waals surface area contributed by atoms with Gasteiger partial charge in [-0.05, 0) is 25.5 Å². The molecule has 1 aromatic heterocycles. The number of furan rings is 1. The average Bonchev–Trinajstić information content (AvgIpc) is 2.78. The van der Waals surface area contributed by atoms with Gasteiger partial charge in [-0.1, -0.05) is 30.3 Å². The molecule has 4 nitrogen and oxygen atoms in total. The number of carboxylic acid groups (broad SMARTS) is 1. The molecule has 1 atom stereocenters. The van der Waals surface area contributed by atoms with Crippen LogP contribution in [0.5, 0.6) is 0 Å².